The molecule has 9 atom stereocenters. The number of methoxy groups -OCH3 is 1. The fraction of sp³-hybridized carbons (Fsp3) is 0.600. The summed E-state index contributed by atoms with van der Waals surface area (Å²) in [5.74, 6) is -2.80. The number of aliphatic hydroxyl groups is 4. The molecule has 320 valence electrons. The number of ether oxygens (including phenoxy) is 3. The van der Waals surface area contributed by atoms with Crippen LogP contribution in [0.3, 0.4) is 0 Å². The molecule has 0 aromatic heterocycles. The van der Waals surface area contributed by atoms with Crippen LogP contribution in [0.15, 0.2) is 23.3 Å². The first kappa shape index (κ1) is 45.7. The molecule has 3 aliphatic rings. The Bertz CT molecular complexity index is 1980. The molecule has 1 aliphatic heterocycles. The first-order chi connectivity index (χ1) is 27.1. The van der Waals surface area contributed by atoms with Crippen molar-refractivity contribution in [2.75, 3.05) is 26.8 Å². The van der Waals surface area contributed by atoms with Crippen molar-refractivity contribution in [1.82, 2.24) is 10.1 Å². The highest BCUT2D eigenvalue weighted by molar-refractivity contribution is 8.25. The minimum absolute atomic E-state index is 0.00427. The van der Waals surface area contributed by atoms with Gasteiger partial charge in [0, 0.05) is 70.8 Å². The molecule has 58 heavy (non-hydrogen) atoms. The molecule has 18 heteroatoms. The van der Waals surface area contributed by atoms with E-state index in [9.17, 15) is 45.0 Å². The van der Waals surface area contributed by atoms with Crippen LogP contribution in [0.1, 0.15) is 116 Å². The number of aliphatic hydroxyl groups excluding tert-OH is 3. The number of carbonyl (C=O) groups is 3. The third-order valence-electron chi connectivity index (χ3n) is 11.6. The number of nitrogens with one attached hydrogen (secondary N) is 2. The van der Waals surface area contributed by atoms with E-state index in [-0.39, 0.29) is 50.7 Å². The quantitative estimate of drug-likeness (QED) is 0.0460. The molecular weight excluding hydrogens is 791 g/mol. The van der Waals surface area contributed by atoms with Crippen molar-refractivity contribution in [2.24, 2.45) is 21.7 Å². The third kappa shape index (κ3) is 8.90. The average molecular weight is 849 g/mol. The minimum atomic E-state index is -2.13. The first-order valence-electron chi connectivity index (χ1n) is 19.3. The second kappa shape index (κ2) is 17.7. The molecule has 1 heterocycles. The van der Waals surface area contributed by atoms with Gasteiger partial charge in [-0.15, -0.1) is 0 Å². The molecule has 2 aromatic carbocycles. The number of carbonyl (C=O) groups excluding carboxylic acids is 3. The molecule has 1 fully saturated rings. The maximum Gasteiger partial charge on any atom is 0.212 e. The maximum atomic E-state index is 14.1. The zero-order valence-corrected chi connectivity index (χ0v) is 35.7. The Morgan fingerprint density at radius 1 is 1.17 bits per heavy atom. The zero-order valence-electron chi connectivity index (χ0n) is 33.9. The molecule has 0 spiro atoms. The van der Waals surface area contributed by atoms with E-state index < -0.39 is 112 Å². The van der Waals surface area contributed by atoms with E-state index in [1.807, 2.05) is 20.8 Å². The summed E-state index contributed by atoms with van der Waals surface area (Å²) < 4.78 is 17.6. The van der Waals surface area contributed by atoms with Crippen LogP contribution in [0.5, 0.6) is 17.2 Å². The largest absolute Gasteiger partial charge is 0.507 e. The van der Waals surface area contributed by atoms with Crippen molar-refractivity contribution in [3.05, 3.63) is 51.6 Å². The number of benzene rings is 2. The van der Waals surface area contributed by atoms with Gasteiger partial charge < -0.3 is 55.9 Å². The molecule has 16 nitrogen and oxygen atoms in total. The van der Waals surface area contributed by atoms with Crippen LogP contribution in [-0.4, -0.2) is 116 Å². The van der Waals surface area contributed by atoms with Crippen LogP contribution in [0.25, 0.3) is 0 Å². The standard InChI is InChI=1S/C40H57N4O12PS/c1-8-39(6,18-42-15-19(2)46)17-38(4,5)37(52)58(57)44-43-26(16-45)40(53)13-22-29(25(14-40)56-27-12-23(41)32(47)20(3)55-27)36(51)31-30(34(22)49)33(48)21-10-9-11-24(54-7)28(21)35(31)50/h9-11,19-20,23,25,27,32,42,44-47,49,51,53,57H,8,12-18,41H2,1-7H3/b43-26-/t19?,20?,23?,25-,27?,32?,39?,40-,58?/m0/s1. The van der Waals surface area contributed by atoms with E-state index in [0.29, 0.717) is 19.5 Å². The smallest absolute Gasteiger partial charge is 0.212 e. The number of aromatic hydroxyl groups is 2. The second-order valence-corrected chi connectivity index (χ2v) is 19.1. The van der Waals surface area contributed by atoms with Crippen LogP contribution >= 0.6 is 8.02 Å². The van der Waals surface area contributed by atoms with Crippen molar-refractivity contribution in [3.63, 3.8) is 0 Å². The maximum absolute atomic E-state index is 14.1. The second-order valence-electron chi connectivity index (χ2n) is 16.7. The molecule has 5 rings (SSSR count). The lowest BCUT2D eigenvalue weighted by molar-refractivity contribution is -0.245. The number of ketones is 2. The van der Waals surface area contributed by atoms with Crippen LogP contribution in [0, 0.1) is 10.8 Å². The fourth-order valence-electron chi connectivity index (χ4n) is 8.35. The number of fused-ring (bicyclic) bond motifs is 3. The van der Waals surface area contributed by atoms with Gasteiger partial charge in [0.2, 0.25) is 10.9 Å². The Kier molecular flexibility index (Phi) is 14.0. The zero-order chi connectivity index (χ0) is 43.1. The molecule has 0 saturated carbocycles. The number of phenols is 2. The van der Waals surface area contributed by atoms with Gasteiger partial charge in [-0.25, -0.2) is 4.83 Å². The van der Waals surface area contributed by atoms with E-state index in [1.54, 1.807) is 13.8 Å². The highest BCUT2D eigenvalue weighted by Crippen LogP contribution is 2.52. The van der Waals surface area contributed by atoms with Crippen LogP contribution in [0.2, 0.25) is 0 Å². The number of nitrogens with two attached hydrogens (primary N) is 1. The minimum Gasteiger partial charge on any atom is -0.507 e. The summed E-state index contributed by atoms with van der Waals surface area (Å²) >= 11 is 0. The van der Waals surface area contributed by atoms with Gasteiger partial charge in [-0.3, -0.25) is 14.4 Å². The van der Waals surface area contributed by atoms with Crippen LogP contribution in [0.4, 0.5) is 0 Å². The lowest BCUT2D eigenvalue weighted by Crippen LogP contribution is -2.53. The van der Waals surface area contributed by atoms with Gasteiger partial charge in [0.15, 0.2) is 12.1 Å². The summed E-state index contributed by atoms with van der Waals surface area (Å²) in [4.78, 5) is 44.7. The predicted octanol–water partition coefficient (Wildman–Crippen LogP) is 2.30. The van der Waals surface area contributed by atoms with Crippen molar-refractivity contribution in [3.8, 4) is 17.2 Å². The molecule has 7 unspecified atom stereocenters. The van der Waals surface area contributed by atoms with Gasteiger partial charge in [0.05, 0.1) is 60.5 Å². The van der Waals surface area contributed by atoms with Gasteiger partial charge in [-0.1, -0.05) is 47.8 Å². The Hall–Kier alpha value is -3.35. The van der Waals surface area contributed by atoms with E-state index in [0.717, 1.165) is 6.42 Å². The lowest BCUT2D eigenvalue weighted by atomic mass is 9.71. The Morgan fingerprint density at radius 2 is 1.84 bits per heavy atom. The summed E-state index contributed by atoms with van der Waals surface area (Å²) in [6.45, 7) is 11.2. The normalized spacial score (nSPS) is 26.8. The van der Waals surface area contributed by atoms with E-state index in [4.69, 9.17) is 19.9 Å². The summed E-state index contributed by atoms with van der Waals surface area (Å²) in [5.41, 5.74) is 1.29. The summed E-state index contributed by atoms with van der Waals surface area (Å²) in [6, 6.07) is 3.64. The van der Waals surface area contributed by atoms with Gasteiger partial charge in [-0.2, -0.15) is 5.10 Å². The number of hydrazone groups is 1. The number of rotatable bonds is 15. The number of phenolic OH excluding ortho intramolecular Hbond substituents is 2. The van der Waals surface area contributed by atoms with Crippen LogP contribution < -0.4 is 20.6 Å². The number of hydrogen-bond donors (Lipinski definition) is 9. The predicted molar refractivity (Wildman–Crippen MR) is 219 cm³/mol. The van der Waals surface area contributed by atoms with E-state index in [1.165, 1.54) is 25.3 Å². The molecule has 0 amide bonds. The summed E-state index contributed by atoms with van der Waals surface area (Å²) in [5, 5.41) is 74.4. The van der Waals surface area contributed by atoms with Crippen molar-refractivity contribution in [1.29, 1.82) is 0 Å². The Labute approximate surface area is 342 Å². The monoisotopic (exact) mass is 848 g/mol. The van der Waals surface area contributed by atoms with E-state index in [2.05, 4.69) is 30.2 Å². The van der Waals surface area contributed by atoms with Crippen molar-refractivity contribution < 1.29 is 59.2 Å². The van der Waals surface area contributed by atoms with Crippen molar-refractivity contribution >= 4 is 40.7 Å². The molecule has 2 aliphatic carbocycles. The summed E-state index contributed by atoms with van der Waals surface area (Å²) in [6.07, 6.45) is -4.43. The topological polar surface area (TPSA) is 263 Å². The lowest BCUT2D eigenvalue weighted by Gasteiger charge is -2.43. The number of hydrogen-bond acceptors (Lipinski definition) is 15. The van der Waals surface area contributed by atoms with Crippen molar-refractivity contribution in [2.45, 2.75) is 116 Å². The van der Waals surface area contributed by atoms with Gasteiger partial charge in [0.25, 0.3) is 0 Å². The summed E-state index contributed by atoms with van der Waals surface area (Å²) in [7, 11) is 3.40. The first-order valence-corrected chi connectivity index (χ1v) is 21.7. The number of nitrogens with zero attached hydrogens (tertiary/aromatic N) is 1. The van der Waals surface area contributed by atoms with Gasteiger partial charge >= 0.3 is 0 Å². The molecule has 1 saturated heterocycles. The molecular formula is C40H57N4O12PS. The highest BCUT2D eigenvalue weighted by Gasteiger charge is 2.50. The Morgan fingerprint density at radius 3 is 2.45 bits per heavy atom. The molecule has 0 bridgehead atoms. The van der Waals surface area contributed by atoms with Gasteiger partial charge in [0.1, 0.15) is 22.8 Å². The van der Waals surface area contributed by atoms with E-state index >= 15 is 0 Å². The van der Waals surface area contributed by atoms with Gasteiger partial charge in [-0.05, 0) is 38.2 Å². The third-order valence-corrected chi connectivity index (χ3v) is 13.6. The Balaban J connectivity index is 1.52. The average Bonchev–Trinajstić information content (AvgIpc) is 3.16. The molecule has 0 radical (unpaired) electrons. The molecule has 10 N–H and O–H groups in total. The highest BCUT2D eigenvalue weighted by atomic mass is 32.5. The molecule has 2 aromatic rings. The fourth-order valence-corrected chi connectivity index (χ4v) is 10.2. The van der Waals surface area contributed by atoms with Crippen LogP contribution in [-0.2, 0) is 30.9 Å². The SMILES string of the molecule is CCC(C)(CNCC(C)O)CC(C)(C)C(=O)S(=P)N/N=C(/CO)[C@]1(O)Cc2c(O)c3c(c(O)c2[C@@H](OC2CC(N)C(O)C(C)O2)C1)C(=O)c1c(OC)cccc1C3=O.